The second-order valence-corrected chi connectivity index (χ2v) is 6.46. The van der Waals surface area contributed by atoms with E-state index in [1.54, 1.807) is 23.9 Å². The molecule has 124 valence electrons. The zero-order valence-corrected chi connectivity index (χ0v) is 15.7. The Labute approximate surface area is 157 Å². The van der Waals surface area contributed by atoms with E-state index in [4.69, 9.17) is 22.1 Å². The van der Waals surface area contributed by atoms with Crippen LogP contribution >= 0.6 is 34.2 Å². The Bertz CT molecular complexity index is 869. The SMILES string of the molecule is Cc1ncc(Cn2nnc(COc3ccccc3Cl)c2I)c(N)n1. The van der Waals surface area contributed by atoms with Gasteiger partial charge in [-0.2, -0.15) is 0 Å². The Hall–Kier alpha value is -1.94. The van der Waals surface area contributed by atoms with Crippen LogP contribution in [0, 0.1) is 10.6 Å². The molecule has 1 aromatic carbocycles. The number of rotatable bonds is 5. The standard InChI is InChI=1S/C15H14ClIN6O/c1-9-19-6-10(15(18)20-9)7-23-14(17)12(21-22-23)8-24-13-5-3-2-4-11(13)16/h2-6H,7-8H2,1H3,(H2,18,19,20). The van der Waals surface area contributed by atoms with Crippen molar-refractivity contribution in [2.24, 2.45) is 0 Å². The van der Waals surface area contributed by atoms with Crippen molar-refractivity contribution >= 4 is 40.0 Å². The summed E-state index contributed by atoms with van der Waals surface area (Å²) in [4.78, 5) is 8.32. The molecule has 9 heteroatoms. The van der Waals surface area contributed by atoms with Gasteiger partial charge in [0.1, 0.15) is 33.4 Å². The van der Waals surface area contributed by atoms with E-state index in [9.17, 15) is 0 Å². The van der Waals surface area contributed by atoms with Gasteiger partial charge >= 0.3 is 0 Å². The summed E-state index contributed by atoms with van der Waals surface area (Å²) in [6, 6.07) is 7.30. The molecular formula is C15H14ClIN6O. The number of halogens is 2. The van der Waals surface area contributed by atoms with Crippen LogP contribution in [-0.4, -0.2) is 25.0 Å². The Morgan fingerprint density at radius 2 is 2.12 bits per heavy atom. The van der Waals surface area contributed by atoms with Crippen molar-refractivity contribution in [1.29, 1.82) is 0 Å². The van der Waals surface area contributed by atoms with E-state index in [1.807, 2.05) is 18.2 Å². The van der Waals surface area contributed by atoms with Crippen LogP contribution in [0.5, 0.6) is 5.75 Å². The first-order valence-corrected chi connectivity index (χ1v) is 8.53. The quantitative estimate of drug-likeness (QED) is 0.594. The summed E-state index contributed by atoms with van der Waals surface area (Å²) in [6.45, 7) is 2.52. The van der Waals surface area contributed by atoms with Gasteiger partial charge in [0.25, 0.3) is 0 Å². The van der Waals surface area contributed by atoms with Crippen LogP contribution in [0.1, 0.15) is 17.1 Å². The molecule has 0 spiro atoms. The number of hydrogen-bond donors (Lipinski definition) is 1. The van der Waals surface area contributed by atoms with Crippen molar-refractivity contribution in [2.75, 3.05) is 5.73 Å². The maximum absolute atomic E-state index is 6.08. The molecule has 0 bridgehead atoms. The Morgan fingerprint density at radius 3 is 2.88 bits per heavy atom. The average Bonchev–Trinajstić information content (AvgIpc) is 2.90. The fourth-order valence-corrected chi connectivity index (χ4v) is 2.75. The van der Waals surface area contributed by atoms with E-state index in [0.29, 0.717) is 29.0 Å². The van der Waals surface area contributed by atoms with Gasteiger partial charge in [0, 0.05) is 11.8 Å². The lowest BCUT2D eigenvalue weighted by Crippen LogP contribution is -2.09. The van der Waals surface area contributed by atoms with Gasteiger partial charge in [-0.3, -0.25) is 0 Å². The molecule has 0 aliphatic heterocycles. The number of aryl methyl sites for hydroxylation is 1. The van der Waals surface area contributed by atoms with Gasteiger partial charge in [-0.05, 0) is 41.6 Å². The van der Waals surface area contributed by atoms with Crippen LogP contribution in [0.3, 0.4) is 0 Å². The first kappa shape index (κ1) is 16.9. The van der Waals surface area contributed by atoms with Gasteiger partial charge in [0.05, 0.1) is 11.6 Å². The lowest BCUT2D eigenvalue weighted by atomic mass is 10.3. The number of anilines is 1. The highest BCUT2D eigenvalue weighted by atomic mass is 127. The Balaban J connectivity index is 1.73. The van der Waals surface area contributed by atoms with Crippen LogP contribution in [-0.2, 0) is 13.2 Å². The molecule has 24 heavy (non-hydrogen) atoms. The maximum atomic E-state index is 6.08. The lowest BCUT2D eigenvalue weighted by Gasteiger charge is -2.07. The molecule has 2 aromatic heterocycles. The van der Waals surface area contributed by atoms with Crippen LogP contribution in [0.25, 0.3) is 0 Å². The smallest absolute Gasteiger partial charge is 0.138 e. The summed E-state index contributed by atoms with van der Waals surface area (Å²) < 4.78 is 8.30. The van der Waals surface area contributed by atoms with Crippen LogP contribution in [0.2, 0.25) is 5.02 Å². The number of nitrogen functional groups attached to an aromatic ring is 1. The summed E-state index contributed by atoms with van der Waals surface area (Å²) in [5, 5.41) is 8.86. The third kappa shape index (κ3) is 3.75. The topological polar surface area (TPSA) is 91.7 Å². The van der Waals surface area contributed by atoms with Gasteiger partial charge in [-0.1, -0.05) is 28.9 Å². The van der Waals surface area contributed by atoms with Crippen LogP contribution < -0.4 is 10.5 Å². The van der Waals surface area contributed by atoms with Crippen molar-refractivity contribution in [3.8, 4) is 5.75 Å². The number of aromatic nitrogens is 5. The monoisotopic (exact) mass is 456 g/mol. The molecule has 0 atom stereocenters. The van der Waals surface area contributed by atoms with E-state index < -0.39 is 0 Å². The minimum atomic E-state index is 0.280. The van der Waals surface area contributed by atoms with E-state index in [2.05, 4.69) is 42.9 Å². The third-order valence-electron chi connectivity index (χ3n) is 3.28. The molecule has 3 aromatic rings. The molecule has 0 saturated heterocycles. The maximum Gasteiger partial charge on any atom is 0.138 e. The number of nitrogens with zero attached hydrogens (tertiary/aromatic N) is 5. The second kappa shape index (κ2) is 7.31. The summed E-state index contributed by atoms with van der Waals surface area (Å²) in [7, 11) is 0. The average molecular weight is 457 g/mol. The normalized spacial score (nSPS) is 10.8. The van der Waals surface area contributed by atoms with E-state index in [0.717, 1.165) is 15.0 Å². The minimum absolute atomic E-state index is 0.280. The van der Waals surface area contributed by atoms with Crippen molar-refractivity contribution in [1.82, 2.24) is 25.0 Å². The predicted octanol–water partition coefficient (Wildman–Crippen LogP) is 2.84. The molecule has 3 rings (SSSR count). The van der Waals surface area contributed by atoms with Gasteiger partial charge in [-0.25, -0.2) is 14.6 Å². The number of nitrogens with two attached hydrogens (primary N) is 1. The molecule has 0 radical (unpaired) electrons. The van der Waals surface area contributed by atoms with E-state index in [-0.39, 0.29) is 6.61 Å². The zero-order valence-electron chi connectivity index (χ0n) is 12.8. The van der Waals surface area contributed by atoms with E-state index in [1.165, 1.54) is 0 Å². The Morgan fingerprint density at radius 1 is 1.33 bits per heavy atom. The number of benzene rings is 1. The van der Waals surface area contributed by atoms with Gasteiger partial charge in [0.15, 0.2) is 0 Å². The van der Waals surface area contributed by atoms with E-state index >= 15 is 0 Å². The molecule has 0 saturated carbocycles. The Kier molecular flexibility index (Phi) is 5.14. The molecule has 0 aliphatic rings. The van der Waals surface area contributed by atoms with Gasteiger partial charge in [-0.15, -0.1) is 5.10 Å². The lowest BCUT2D eigenvalue weighted by molar-refractivity contribution is 0.300. The molecule has 0 aliphatic carbocycles. The van der Waals surface area contributed by atoms with Crippen molar-refractivity contribution in [2.45, 2.75) is 20.1 Å². The van der Waals surface area contributed by atoms with Crippen LogP contribution in [0.4, 0.5) is 5.82 Å². The molecule has 2 N–H and O–H groups in total. The fraction of sp³-hybridized carbons (Fsp3) is 0.200. The zero-order chi connectivity index (χ0) is 17.1. The third-order valence-corrected chi connectivity index (χ3v) is 4.77. The summed E-state index contributed by atoms with van der Waals surface area (Å²) in [5.74, 6) is 1.70. The molecule has 7 nitrogen and oxygen atoms in total. The summed E-state index contributed by atoms with van der Waals surface area (Å²) in [5.41, 5.74) is 7.44. The summed E-state index contributed by atoms with van der Waals surface area (Å²) in [6.07, 6.45) is 1.70. The molecule has 0 amide bonds. The highest BCUT2D eigenvalue weighted by molar-refractivity contribution is 14.1. The largest absolute Gasteiger partial charge is 0.486 e. The molecule has 0 unspecified atom stereocenters. The minimum Gasteiger partial charge on any atom is -0.486 e. The number of hydrogen-bond acceptors (Lipinski definition) is 6. The van der Waals surface area contributed by atoms with Crippen molar-refractivity contribution in [3.63, 3.8) is 0 Å². The molecule has 0 fully saturated rings. The van der Waals surface area contributed by atoms with Crippen LogP contribution in [0.15, 0.2) is 30.5 Å². The van der Waals surface area contributed by atoms with Crippen molar-refractivity contribution in [3.05, 3.63) is 56.3 Å². The van der Waals surface area contributed by atoms with Gasteiger partial charge in [0.2, 0.25) is 0 Å². The first-order valence-electron chi connectivity index (χ1n) is 7.08. The molecule has 2 heterocycles. The molecular weight excluding hydrogens is 443 g/mol. The summed E-state index contributed by atoms with van der Waals surface area (Å²) >= 11 is 8.25. The highest BCUT2D eigenvalue weighted by Crippen LogP contribution is 2.24. The number of para-hydroxylation sites is 1. The highest BCUT2D eigenvalue weighted by Gasteiger charge is 2.13. The fourth-order valence-electron chi connectivity index (χ4n) is 2.03. The predicted molar refractivity (Wildman–Crippen MR) is 98.8 cm³/mol. The second-order valence-electron chi connectivity index (χ2n) is 5.03. The van der Waals surface area contributed by atoms with Gasteiger partial charge < -0.3 is 10.5 Å². The first-order chi connectivity index (χ1) is 11.5. The number of ether oxygens (including phenoxy) is 1. The van der Waals surface area contributed by atoms with Crippen molar-refractivity contribution < 1.29 is 4.74 Å².